The summed E-state index contributed by atoms with van der Waals surface area (Å²) < 4.78 is 9.79. The van der Waals surface area contributed by atoms with Gasteiger partial charge >= 0.3 is 12.0 Å². The van der Waals surface area contributed by atoms with Gasteiger partial charge in [0.05, 0.1) is 12.6 Å². The second kappa shape index (κ2) is 3.91. The first-order valence-electron chi connectivity index (χ1n) is 3.57. The summed E-state index contributed by atoms with van der Waals surface area (Å²) in [6.07, 6.45) is 0. The molecule has 68 valence electrons. The number of nitrogens with one attached hydrogen (secondary N) is 1. The maximum Gasteiger partial charge on any atom is 0.317 e. The zero-order valence-corrected chi connectivity index (χ0v) is 7.07. The fraction of sp³-hybridized carbons (Fsp3) is 0.667. The van der Waals surface area contributed by atoms with Crippen molar-refractivity contribution in [2.75, 3.05) is 24.8 Å². The van der Waals surface area contributed by atoms with Crippen molar-refractivity contribution in [3.63, 3.8) is 0 Å². The van der Waals surface area contributed by atoms with Crippen LogP contribution in [0.5, 0.6) is 0 Å². The van der Waals surface area contributed by atoms with Crippen LogP contribution < -0.4 is 11.1 Å². The molecule has 0 bridgehead atoms. The Morgan fingerprint density at radius 2 is 2.42 bits per heavy atom. The Morgan fingerprint density at radius 3 is 2.92 bits per heavy atom. The van der Waals surface area contributed by atoms with Crippen LogP contribution in [0.4, 0.5) is 12.0 Å². The van der Waals surface area contributed by atoms with Crippen LogP contribution in [0.15, 0.2) is 4.42 Å². The molecule has 1 heterocycles. The SMILES string of the molecule is COCC(C)Nc1nnc(N)o1. The van der Waals surface area contributed by atoms with E-state index in [1.165, 1.54) is 0 Å². The number of anilines is 2. The monoisotopic (exact) mass is 172 g/mol. The molecule has 0 amide bonds. The third-order valence-electron chi connectivity index (χ3n) is 1.23. The lowest BCUT2D eigenvalue weighted by Gasteiger charge is -2.08. The largest absolute Gasteiger partial charge is 0.390 e. The molecule has 3 N–H and O–H groups in total. The van der Waals surface area contributed by atoms with Crippen LogP contribution in [0, 0.1) is 0 Å². The summed E-state index contributed by atoms with van der Waals surface area (Å²) in [6, 6.07) is 0.494. The van der Waals surface area contributed by atoms with Gasteiger partial charge in [0.1, 0.15) is 0 Å². The summed E-state index contributed by atoms with van der Waals surface area (Å²) in [6.45, 7) is 2.51. The number of hydrogen-bond acceptors (Lipinski definition) is 6. The molecule has 0 aliphatic rings. The molecule has 0 spiro atoms. The van der Waals surface area contributed by atoms with Gasteiger partial charge in [0.25, 0.3) is 0 Å². The molecule has 1 atom stereocenters. The average molecular weight is 172 g/mol. The fourth-order valence-corrected chi connectivity index (χ4v) is 0.795. The van der Waals surface area contributed by atoms with E-state index >= 15 is 0 Å². The molecule has 1 aromatic heterocycles. The third-order valence-corrected chi connectivity index (χ3v) is 1.23. The molecular weight excluding hydrogens is 160 g/mol. The van der Waals surface area contributed by atoms with Crippen LogP contribution in [0.1, 0.15) is 6.92 Å². The van der Waals surface area contributed by atoms with Crippen LogP contribution in [0.3, 0.4) is 0 Å². The Balaban J connectivity index is 2.41. The summed E-state index contributed by atoms with van der Waals surface area (Å²) in [5, 5.41) is 10.0. The smallest absolute Gasteiger partial charge is 0.317 e. The quantitative estimate of drug-likeness (QED) is 0.669. The van der Waals surface area contributed by atoms with Crippen molar-refractivity contribution in [1.82, 2.24) is 10.2 Å². The van der Waals surface area contributed by atoms with Gasteiger partial charge in [-0.2, -0.15) is 0 Å². The number of rotatable bonds is 4. The van der Waals surface area contributed by atoms with Gasteiger partial charge in [0, 0.05) is 7.11 Å². The van der Waals surface area contributed by atoms with E-state index < -0.39 is 0 Å². The predicted molar refractivity (Wildman–Crippen MR) is 43.7 cm³/mol. The Morgan fingerprint density at radius 1 is 1.67 bits per heavy atom. The minimum absolute atomic E-state index is 0.0575. The zero-order chi connectivity index (χ0) is 8.97. The standard InChI is InChI=1S/C6H12N4O2/c1-4(3-11-2)8-6-10-9-5(7)12-6/h4H,3H2,1-2H3,(H2,7,9)(H,8,10). The van der Waals surface area contributed by atoms with Crippen LogP contribution in [-0.2, 0) is 4.74 Å². The molecule has 1 unspecified atom stereocenters. The van der Waals surface area contributed by atoms with E-state index in [2.05, 4.69) is 15.5 Å². The van der Waals surface area contributed by atoms with Crippen molar-refractivity contribution in [2.45, 2.75) is 13.0 Å². The van der Waals surface area contributed by atoms with E-state index in [9.17, 15) is 0 Å². The first-order chi connectivity index (χ1) is 5.72. The molecule has 1 aromatic rings. The first kappa shape index (κ1) is 8.79. The molecule has 6 nitrogen and oxygen atoms in total. The lowest BCUT2D eigenvalue weighted by Crippen LogP contribution is -2.20. The van der Waals surface area contributed by atoms with E-state index in [4.69, 9.17) is 14.9 Å². The molecular formula is C6H12N4O2. The van der Waals surface area contributed by atoms with Gasteiger partial charge < -0.3 is 20.2 Å². The molecule has 1 rings (SSSR count). The van der Waals surface area contributed by atoms with Gasteiger partial charge in [0.2, 0.25) is 0 Å². The third kappa shape index (κ3) is 2.39. The molecule has 0 radical (unpaired) electrons. The molecule has 0 aromatic carbocycles. The number of nitrogens with two attached hydrogens (primary N) is 1. The highest BCUT2D eigenvalue weighted by atomic mass is 16.5. The maximum absolute atomic E-state index is 5.22. The summed E-state index contributed by atoms with van der Waals surface area (Å²) >= 11 is 0. The molecule has 0 fully saturated rings. The molecule has 6 heteroatoms. The number of aromatic nitrogens is 2. The van der Waals surface area contributed by atoms with Crippen LogP contribution in [0.2, 0.25) is 0 Å². The highest BCUT2D eigenvalue weighted by molar-refractivity contribution is 5.23. The van der Waals surface area contributed by atoms with Crippen molar-refractivity contribution in [3.8, 4) is 0 Å². The van der Waals surface area contributed by atoms with E-state index in [0.29, 0.717) is 12.6 Å². The van der Waals surface area contributed by atoms with Crippen LogP contribution in [-0.4, -0.2) is 30.0 Å². The summed E-state index contributed by atoms with van der Waals surface area (Å²) in [5.41, 5.74) is 5.22. The Labute approximate surface area is 70.1 Å². The lowest BCUT2D eigenvalue weighted by molar-refractivity contribution is 0.189. The fourth-order valence-electron chi connectivity index (χ4n) is 0.795. The second-order valence-electron chi connectivity index (χ2n) is 2.45. The topological polar surface area (TPSA) is 86.2 Å². The molecule has 0 saturated carbocycles. The van der Waals surface area contributed by atoms with E-state index in [1.54, 1.807) is 7.11 Å². The van der Waals surface area contributed by atoms with Crippen molar-refractivity contribution in [3.05, 3.63) is 0 Å². The first-order valence-corrected chi connectivity index (χ1v) is 3.57. The number of hydrogen-bond donors (Lipinski definition) is 2. The summed E-state index contributed by atoms with van der Waals surface area (Å²) in [7, 11) is 1.63. The number of nitrogens with zero attached hydrogens (tertiary/aromatic N) is 2. The summed E-state index contributed by atoms with van der Waals surface area (Å²) in [5.74, 6) is 0. The minimum atomic E-state index is 0.0575. The molecule has 12 heavy (non-hydrogen) atoms. The van der Waals surface area contributed by atoms with Gasteiger partial charge in [-0.25, -0.2) is 0 Å². The lowest BCUT2D eigenvalue weighted by atomic mass is 10.4. The van der Waals surface area contributed by atoms with E-state index in [-0.39, 0.29) is 12.1 Å². The van der Waals surface area contributed by atoms with Crippen LogP contribution >= 0.6 is 0 Å². The van der Waals surface area contributed by atoms with Gasteiger partial charge in [-0.05, 0) is 6.92 Å². The number of methoxy groups -OCH3 is 1. The molecule has 0 saturated heterocycles. The van der Waals surface area contributed by atoms with Gasteiger partial charge in [-0.3, -0.25) is 0 Å². The molecule has 0 aliphatic heterocycles. The maximum atomic E-state index is 5.22. The molecule has 0 aliphatic carbocycles. The zero-order valence-electron chi connectivity index (χ0n) is 7.07. The normalized spacial score (nSPS) is 12.8. The van der Waals surface area contributed by atoms with E-state index in [1.807, 2.05) is 6.92 Å². The highest BCUT2D eigenvalue weighted by Crippen LogP contribution is 2.07. The van der Waals surface area contributed by atoms with Gasteiger partial charge in [0.15, 0.2) is 0 Å². The second-order valence-corrected chi connectivity index (χ2v) is 2.45. The highest BCUT2D eigenvalue weighted by Gasteiger charge is 2.06. The van der Waals surface area contributed by atoms with E-state index in [0.717, 1.165) is 0 Å². The Kier molecular flexibility index (Phi) is 2.87. The van der Waals surface area contributed by atoms with Crippen molar-refractivity contribution in [2.24, 2.45) is 0 Å². The number of ether oxygens (including phenoxy) is 1. The average Bonchev–Trinajstić information content (AvgIpc) is 2.36. The van der Waals surface area contributed by atoms with Crippen molar-refractivity contribution >= 4 is 12.0 Å². The minimum Gasteiger partial charge on any atom is -0.390 e. The van der Waals surface area contributed by atoms with Gasteiger partial charge in [-0.1, -0.05) is 10.2 Å². The Hall–Kier alpha value is -1.30. The summed E-state index contributed by atoms with van der Waals surface area (Å²) in [4.78, 5) is 0. The van der Waals surface area contributed by atoms with Crippen LogP contribution in [0.25, 0.3) is 0 Å². The Bertz CT molecular complexity index is 237. The number of nitrogen functional groups attached to an aromatic ring is 1. The van der Waals surface area contributed by atoms with Crippen molar-refractivity contribution in [1.29, 1.82) is 0 Å². The van der Waals surface area contributed by atoms with Gasteiger partial charge in [-0.15, -0.1) is 0 Å². The van der Waals surface area contributed by atoms with Crippen molar-refractivity contribution < 1.29 is 9.15 Å². The predicted octanol–water partition coefficient (Wildman–Crippen LogP) is 0.0986.